The predicted molar refractivity (Wildman–Crippen MR) is 80.0 cm³/mol. The van der Waals surface area contributed by atoms with Crippen molar-refractivity contribution in [2.24, 2.45) is 0 Å². The van der Waals surface area contributed by atoms with Gasteiger partial charge in [-0.2, -0.15) is 0 Å². The molecule has 1 fully saturated rings. The Bertz CT molecular complexity index is 492. The van der Waals surface area contributed by atoms with Crippen molar-refractivity contribution in [3.8, 4) is 0 Å². The highest BCUT2D eigenvalue weighted by atomic mass is 16.6. The van der Waals surface area contributed by atoms with Gasteiger partial charge < -0.3 is 10.2 Å². The SMILES string of the molecule is CNc1cc(CN2CCN(C)CC2C)ccc1[N+](=O)[O-]. The van der Waals surface area contributed by atoms with Crippen molar-refractivity contribution >= 4 is 11.4 Å². The number of nitro groups is 1. The van der Waals surface area contributed by atoms with Gasteiger partial charge in [0.25, 0.3) is 5.69 Å². The number of hydrogen-bond acceptors (Lipinski definition) is 5. The first-order chi connectivity index (χ1) is 9.51. The fraction of sp³-hybridized carbons (Fsp3) is 0.571. The molecule has 0 radical (unpaired) electrons. The Labute approximate surface area is 119 Å². The van der Waals surface area contributed by atoms with E-state index in [2.05, 4.69) is 29.1 Å². The fourth-order valence-corrected chi connectivity index (χ4v) is 2.69. The first-order valence-corrected chi connectivity index (χ1v) is 6.89. The van der Waals surface area contributed by atoms with E-state index in [-0.39, 0.29) is 10.6 Å². The third-order valence-corrected chi connectivity index (χ3v) is 3.88. The van der Waals surface area contributed by atoms with E-state index in [0.717, 1.165) is 31.7 Å². The summed E-state index contributed by atoms with van der Waals surface area (Å²) in [6.07, 6.45) is 0. The van der Waals surface area contributed by atoms with E-state index in [1.165, 1.54) is 0 Å². The van der Waals surface area contributed by atoms with Gasteiger partial charge in [-0.3, -0.25) is 15.0 Å². The zero-order valence-electron chi connectivity index (χ0n) is 12.3. The number of likely N-dealkylation sites (N-methyl/N-ethyl adjacent to an activating group) is 1. The van der Waals surface area contributed by atoms with Crippen LogP contribution in [0, 0.1) is 10.1 Å². The van der Waals surface area contributed by atoms with Crippen LogP contribution >= 0.6 is 0 Å². The van der Waals surface area contributed by atoms with Gasteiger partial charge in [0.15, 0.2) is 0 Å². The molecule has 0 saturated carbocycles. The average molecular weight is 278 g/mol. The summed E-state index contributed by atoms with van der Waals surface area (Å²) in [5, 5.41) is 13.8. The minimum Gasteiger partial charge on any atom is -0.383 e. The summed E-state index contributed by atoms with van der Waals surface area (Å²) in [7, 11) is 3.85. The van der Waals surface area contributed by atoms with Gasteiger partial charge in [0.05, 0.1) is 4.92 Å². The maximum Gasteiger partial charge on any atom is 0.292 e. The highest BCUT2D eigenvalue weighted by Crippen LogP contribution is 2.26. The minimum absolute atomic E-state index is 0.127. The fourth-order valence-electron chi connectivity index (χ4n) is 2.69. The number of piperazine rings is 1. The molecule has 110 valence electrons. The normalized spacial score (nSPS) is 20.9. The average Bonchev–Trinajstić information content (AvgIpc) is 2.41. The number of nitrogens with zero attached hydrogens (tertiary/aromatic N) is 3. The maximum absolute atomic E-state index is 10.9. The molecular formula is C14H22N4O2. The van der Waals surface area contributed by atoms with Crippen LogP contribution in [0.15, 0.2) is 18.2 Å². The highest BCUT2D eigenvalue weighted by Gasteiger charge is 2.22. The lowest BCUT2D eigenvalue weighted by Gasteiger charge is -2.38. The lowest BCUT2D eigenvalue weighted by atomic mass is 10.1. The van der Waals surface area contributed by atoms with Crippen molar-refractivity contribution in [1.29, 1.82) is 0 Å². The molecule has 1 heterocycles. The standard InChI is InChI=1S/C14H22N4O2/c1-11-9-16(3)6-7-17(11)10-12-4-5-14(18(19)20)13(8-12)15-2/h4-5,8,11,15H,6-7,9-10H2,1-3H3. The Hall–Kier alpha value is -1.66. The molecule has 6 heteroatoms. The molecule has 1 atom stereocenters. The first-order valence-electron chi connectivity index (χ1n) is 6.89. The van der Waals surface area contributed by atoms with Crippen molar-refractivity contribution < 1.29 is 4.92 Å². The lowest BCUT2D eigenvalue weighted by molar-refractivity contribution is -0.384. The summed E-state index contributed by atoms with van der Waals surface area (Å²) in [6, 6.07) is 5.82. The second-order valence-electron chi connectivity index (χ2n) is 5.44. The second kappa shape index (κ2) is 6.19. The van der Waals surface area contributed by atoms with E-state index >= 15 is 0 Å². The molecule has 0 spiro atoms. The zero-order valence-corrected chi connectivity index (χ0v) is 12.3. The van der Waals surface area contributed by atoms with E-state index in [0.29, 0.717) is 11.7 Å². The summed E-state index contributed by atoms with van der Waals surface area (Å²) in [5.41, 5.74) is 1.81. The molecule has 20 heavy (non-hydrogen) atoms. The smallest absolute Gasteiger partial charge is 0.292 e. The van der Waals surface area contributed by atoms with Crippen LogP contribution in [-0.2, 0) is 6.54 Å². The topological polar surface area (TPSA) is 61.6 Å². The van der Waals surface area contributed by atoms with Crippen molar-refractivity contribution in [2.75, 3.05) is 39.0 Å². The number of rotatable bonds is 4. The summed E-state index contributed by atoms with van der Waals surface area (Å²) < 4.78 is 0. The van der Waals surface area contributed by atoms with Crippen LogP contribution in [0.25, 0.3) is 0 Å². The van der Waals surface area contributed by atoms with Gasteiger partial charge in [-0.1, -0.05) is 6.07 Å². The summed E-state index contributed by atoms with van der Waals surface area (Å²) >= 11 is 0. The summed E-state index contributed by atoms with van der Waals surface area (Å²) in [5.74, 6) is 0. The molecule has 0 bridgehead atoms. The zero-order chi connectivity index (χ0) is 14.7. The van der Waals surface area contributed by atoms with Gasteiger partial charge in [-0.25, -0.2) is 0 Å². The lowest BCUT2D eigenvalue weighted by Crippen LogP contribution is -2.49. The molecule has 0 amide bonds. The third-order valence-electron chi connectivity index (χ3n) is 3.88. The minimum atomic E-state index is -0.353. The van der Waals surface area contributed by atoms with Crippen LogP contribution in [0.5, 0.6) is 0 Å². The van der Waals surface area contributed by atoms with Crippen LogP contribution in [0.4, 0.5) is 11.4 Å². The van der Waals surface area contributed by atoms with Crippen LogP contribution < -0.4 is 5.32 Å². The highest BCUT2D eigenvalue weighted by molar-refractivity contribution is 5.62. The number of benzene rings is 1. The molecule has 1 unspecified atom stereocenters. The molecule has 1 N–H and O–H groups in total. The van der Waals surface area contributed by atoms with Crippen LogP contribution in [0.1, 0.15) is 12.5 Å². The molecule has 1 aliphatic rings. The molecule has 1 saturated heterocycles. The van der Waals surface area contributed by atoms with Crippen LogP contribution in [0.3, 0.4) is 0 Å². The Morgan fingerprint density at radius 2 is 2.20 bits per heavy atom. The van der Waals surface area contributed by atoms with Gasteiger partial charge in [-0.05, 0) is 25.6 Å². The van der Waals surface area contributed by atoms with Crippen molar-refractivity contribution in [1.82, 2.24) is 9.80 Å². The molecule has 1 aromatic carbocycles. The Morgan fingerprint density at radius 3 is 2.80 bits per heavy atom. The van der Waals surface area contributed by atoms with E-state index in [1.807, 2.05) is 12.1 Å². The largest absolute Gasteiger partial charge is 0.383 e. The predicted octanol–water partition coefficient (Wildman–Crippen LogP) is 1.77. The quantitative estimate of drug-likeness (QED) is 0.672. The summed E-state index contributed by atoms with van der Waals surface area (Å²) in [4.78, 5) is 15.3. The molecule has 0 aliphatic carbocycles. The molecule has 1 aliphatic heterocycles. The maximum atomic E-state index is 10.9. The van der Waals surface area contributed by atoms with E-state index in [9.17, 15) is 10.1 Å². The number of hydrogen-bond donors (Lipinski definition) is 1. The van der Waals surface area contributed by atoms with Gasteiger partial charge in [-0.15, -0.1) is 0 Å². The number of nitro benzene ring substituents is 1. The molecule has 6 nitrogen and oxygen atoms in total. The molecular weight excluding hydrogens is 256 g/mol. The van der Waals surface area contributed by atoms with E-state index in [1.54, 1.807) is 13.1 Å². The third kappa shape index (κ3) is 3.26. The first kappa shape index (κ1) is 14.7. The van der Waals surface area contributed by atoms with Crippen molar-refractivity contribution in [3.63, 3.8) is 0 Å². The number of nitrogens with one attached hydrogen (secondary N) is 1. The number of anilines is 1. The van der Waals surface area contributed by atoms with Crippen molar-refractivity contribution in [2.45, 2.75) is 19.5 Å². The van der Waals surface area contributed by atoms with E-state index < -0.39 is 0 Å². The molecule has 1 aromatic rings. The van der Waals surface area contributed by atoms with E-state index in [4.69, 9.17) is 0 Å². The summed E-state index contributed by atoms with van der Waals surface area (Å²) in [6.45, 7) is 6.22. The van der Waals surface area contributed by atoms with Crippen LogP contribution in [0.2, 0.25) is 0 Å². The van der Waals surface area contributed by atoms with Gasteiger partial charge in [0, 0.05) is 45.3 Å². The van der Waals surface area contributed by atoms with Gasteiger partial charge in [0.2, 0.25) is 0 Å². The van der Waals surface area contributed by atoms with Gasteiger partial charge in [0.1, 0.15) is 5.69 Å². The molecule has 2 rings (SSSR count). The van der Waals surface area contributed by atoms with Gasteiger partial charge >= 0.3 is 0 Å². The Morgan fingerprint density at radius 1 is 1.45 bits per heavy atom. The Kier molecular flexibility index (Phi) is 4.57. The second-order valence-corrected chi connectivity index (χ2v) is 5.44. The van der Waals surface area contributed by atoms with Crippen molar-refractivity contribution in [3.05, 3.63) is 33.9 Å². The molecule has 0 aromatic heterocycles. The van der Waals surface area contributed by atoms with Crippen LogP contribution in [-0.4, -0.2) is 54.5 Å². The Balaban J connectivity index is 2.12. The monoisotopic (exact) mass is 278 g/mol.